The lowest BCUT2D eigenvalue weighted by atomic mass is 10.1. The van der Waals surface area contributed by atoms with E-state index in [1.807, 2.05) is 27.7 Å². The quantitative estimate of drug-likeness (QED) is 0.735. The van der Waals surface area contributed by atoms with Crippen LogP contribution in [0.1, 0.15) is 27.7 Å². The van der Waals surface area contributed by atoms with E-state index in [0.717, 1.165) is 0 Å². The van der Waals surface area contributed by atoms with Gasteiger partial charge in [0.1, 0.15) is 24.4 Å². The molecule has 3 rings (SSSR count). The second kappa shape index (κ2) is 3.88. The monoisotopic (exact) mass is 260 g/mol. The number of aliphatic hydroxyl groups excluding tert-OH is 1. The van der Waals surface area contributed by atoms with E-state index >= 15 is 0 Å². The molecule has 3 aliphatic heterocycles. The Kier molecular flexibility index (Phi) is 2.75. The second-order valence-corrected chi connectivity index (χ2v) is 5.92. The molecule has 3 heterocycles. The SMILES string of the molecule is CC1(C)OC[C@@H](C2OC(O)[C@H]3OC(C)(C)O[C@@H]23)O1. The molecule has 3 saturated heterocycles. The lowest BCUT2D eigenvalue weighted by Gasteiger charge is -2.26. The summed E-state index contributed by atoms with van der Waals surface area (Å²) >= 11 is 0. The molecule has 0 saturated carbocycles. The van der Waals surface area contributed by atoms with Crippen LogP contribution in [0.15, 0.2) is 0 Å². The minimum atomic E-state index is -0.978. The van der Waals surface area contributed by atoms with Crippen LogP contribution < -0.4 is 0 Å². The fourth-order valence-electron chi connectivity index (χ4n) is 2.78. The Balaban J connectivity index is 1.75. The highest BCUT2D eigenvalue weighted by Crippen LogP contribution is 2.41. The normalized spacial score (nSPS) is 49.5. The number of rotatable bonds is 1. The van der Waals surface area contributed by atoms with Gasteiger partial charge in [-0.05, 0) is 27.7 Å². The van der Waals surface area contributed by atoms with E-state index in [4.69, 9.17) is 23.7 Å². The summed E-state index contributed by atoms with van der Waals surface area (Å²) in [6.45, 7) is 7.78. The van der Waals surface area contributed by atoms with Crippen LogP contribution in [-0.2, 0) is 23.7 Å². The molecule has 0 aromatic heterocycles. The Morgan fingerprint density at radius 3 is 2.17 bits per heavy atom. The number of aliphatic hydroxyl groups is 1. The molecule has 0 radical (unpaired) electrons. The van der Waals surface area contributed by atoms with Gasteiger partial charge >= 0.3 is 0 Å². The Labute approximate surface area is 106 Å². The predicted molar refractivity (Wildman–Crippen MR) is 59.6 cm³/mol. The molecular formula is C12H20O6. The lowest BCUT2D eigenvalue weighted by Crippen LogP contribution is -2.40. The molecule has 0 aromatic carbocycles. The van der Waals surface area contributed by atoms with Crippen LogP contribution >= 0.6 is 0 Å². The van der Waals surface area contributed by atoms with E-state index in [9.17, 15) is 5.11 Å². The van der Waals surface area contributed by atoms with Gasteiger partial charge in [0.05, 0.1) is 6.61 Å². The number of ether oxygens (including phenoxy) is 5. The zero-order chi connectivity index (χ0) is 13.1. The van der Waals surface area contributed by atoms with Crippen molar-refractivity contribution in [3.05, 3.63) is 0 Å². The summed E-state index contributed by atoms with van der Waals surface area (Å²) in [5.74, 6) is -1.32. The summed E-state index contributed by atoms with van der Waals surface area (Å²) in [5, 5.41) is 9.87. The van der Waals surface area contributed by atoms with Crippen molar-refractivity contribution >= 4 is 0 Å². The van der Waals surface area contributed by atoms with Gasteiger partial charge in [-0.1, -0.05) is 0 Å². The van der Waals surface area contributed by atoms with Crippen LogP contribution in [0, 0.1) is 0 Å². The van der Waals surface area contributed by atoms with Crippen molar-refractivity contribution < 1.29 is 28.8 Å². The van der Waals surface area contributed by atoms with Crippen LogP contribution in [0.25, 0.3) is 0 Å². The molecule has 0 aromatic rings. The largest absolute Gasteiger partial charge is 0.366 e. The van der Waals surface area contributed by atoms with E-state index in [0.29, 0.717) is 6.61 Å². The highest BCUT2D eigenvalue weighted by Gasteiger charge is 2.58. The number of hydrogen-bond donors (Lipinski definition) is 1. The van der Waals surface area contributed by atoms with Gasteiger partial charge in [0.15, 0.2) is 17.9 Å². The molecule has 6 heteroatoms. The standard InChI is InChI=1S/C12H20O6/c1-11(2)14-5-6(16-11)7-8-9(10(13)15-7)18-12(3,4)17-8/h6-10,13H,5H2,1-4H3/t6-,7?,8-,9-,10?/m0/s1. The van der Waals surface area contributed by atoms with E-state index in [1.54, 1.807) is 0 Å². The van der Waals surface area contributed by atoms with Gasteiger partial charge in [-0.25, -0.2) is 0 Å². The van der Waals surface area contributed by atoms with Gasteiger partial charge in [-0.3, -0.25) is 0 Å². The highest BCUT2D eigenvalue weighted by atomic mass is 16.8. The maximum atomic E-state index is 9.87. The summed E-state index contributed by atoms with van der Waals surface area (Å²) in [6.07, 6.45) is -2.38. The molecule has 104 valence electrons. The second-order valence-electron chi connectivity index (χ2n) is 5.92. The Morgan fingerprint density at radius 1 is 0.889 bits per heavy atom. The molecule has 5 atom stereocenters. The molecule has 6 nitrogen and oxygen atoms in total. The third-order valence-corrected chi connectivity index (χ3v) is 3.46. The van der Waals surface area contributed by atoms with Crippen molar-refractivity contribution in [1.29, 1.82) is 0 Å². The molecule has 3 aliphatic rings. The third kappa shape index (κ3) is 2.07. The molecule has 0 amide bonds. The molecule has 18 heavy (non-hydrogen) atoms. The summed E-state index contributed by atoms with van der Waals surface area (Å²) in [5.41, 5.74) is 0. The Hall–Kier alpha value is -0.240. The van der Waals surface area contributed by atoms with Crippen molar-refractivity contribution in [3.63, 3.8) is 0 Å². The lowest BCUT2D eigenvalue weighted by molar-refractivity contribution is -0.236. The molecular weight excluding hydrogens is 240 g/mol. The van der Waals surface area contributed by atoms with Crippen LogP contribution in [-0.4, -0.2) is 54.0 Å². The smallest absolute Gasteiger partial charge is 0.184 e. The van der Waals surface area contributed by atoms with E-state index in [2.05, 4.69) is 0 Å². The van der Waals surface area contributed by atoms with Crippen molar-refractivity contribution in [2.75, 3.05) is 6.61 Å². The van der Waals surface area contributed by atoms with Crippen molar-refractivity contribution in [2.24, 2.45) is 0 Å². The average molecular weight is 260 g/mol. The first-order chi connectivity index (χ1) is 8.27. The molecule has 0 bridgehead atoms. The fourth-order valence-corrected chi connectivity index (χ4v) is 2.78. The maximum Gasteiger partial charge on any atom is 0.184 e. The minimum absolute atomic E-state index is 0.248. The zero-order valence-electron chi connectivity index (χ0n) is 11.1. The van der Waals surface area contributed by atoms with Gasteiger partial charge in [-0.2, -0.15) is 0 Å². The summed E-state index contributed by atoms with van der Waals surface area (Å²) in [6, 6.07) is 0. The molecule has 2 unspecified atom stereocenters. The minimum Gasteiger partial charge on any atom is -0.366 e. The number of hydrogen-bond acceptors (Lipinski definition) is 6. The van der Waals surface area contributed by atoms with Gasteiger partial charge in [0.2, 0.25) is 0 Å². The maximum absolute atomic E-state index is 9.87. The molecule has 3 fully saturated rings. The summed E-state index contributed by atoms with van der Waals surface area (Å²) in [4.78, 5) is 0. The van der Waals surface area contributed by atoms with Crippen molar-refractivity contribution in [2.45, 2.75) is 70.0 Å². The third-order valence-electron chi connectivity index (χ3n) is 3.46. The van der Waals surface area contributed by atoms with E-state index in [1.165, 1.54) is 0 Å². The predicted octanol–water partition coefficient (Wildman–Crippen LogP) is 0.375. The Morgan fingerprint density at radius 2 is 1.56 bits per heavy atom. The van der Waals surface area contributed by atoms with E-state index in [-0.39, 0.29) is 18.3 Å². The molecule has 0 spiro atoms. The first-order valence-electron chi connectivity index (χ1n) is 6.28. The first kappa shape index (κ1) is 12.8. The van der Waals surface area contributed by atoms with Gasteiger partial charge in [0, 0.05) is 0 Å². The zero-order valence-corrected chi connectivity index (χ0v) is 11.1. The van der Waals surface area contributed by atoms with E-state index < -0.39 is 24.0 Å². The first-order valence-corrected chi connectivity index (χ1v) is 6.28. The topological polar surface area (TPSA) is 66.4 Å². The van der Waals surface area contributed by atoms with Crippen molar-refractivity contribution in [3.8, 4) is 0 Å². The van der Waals surface area contributed by atoms with Crippen LogP contribution in [0.4, 0.5) is 0 Å². The van der Waals surface area contributed by atoms with Crippen LogP contribution in [0.5, 0.6) is 0 Å². The fraction of sp³-hybridized carbons (Fsp3) is 1.00. The van der Waals surface area contributed by atoms with Gasteiger partial charge in [0.25, 0.3) is 0 Å². The molecule has 1 N–H and O–H groups in total. The summed E-state index contributed by atoms with van der Waals surface area (Å²) < 4.78 is 28.2. The van der Waals surface area contributed by atoms with Gasteiger partial charge in [-0.15, -0.1) is 0 Å². The summed E-state index contributed by atoms with van der Waals surface area (Å²) in [7, 11) is 0. The number of fused-ring (bicyclic) bond motifs is 1. The molecule has 0 aliphatic carbocycles. The van der Waals surface area contributed by atoms with Crippen LogP contribution in [0.2, 0.25) is 0 Å². The van der Waals surface area contributed by atoms with Crippen molar-refractivity contribution in [1.82, 2.24) is 0 Å². The van der Waals surface area contributed by atoms with Crippen LogP contribution in [0.3, 0.4) is 0 Å². The van der Waals surface area contributed by atoms with Gasteiger partial charge < -0.3 is 28.8 Å². The Bertz CT molecular complexity index is 341. The highest BCUT2D eigenvalue weighted by molar-refractivity contribution is 4.99. The average Bonchev–Trinajstić information content (AvgIpc) is 2.81.